The second kappa shape index (κ2) is 8.18. The maximum atomic E-state index is 12.5. The highest BCUT2D eigenvalue weighted by Crippen LogP contribution is 2.18. The molecule has 0 radical (unpaired) electrons. The molecule has 0 saturated carbocycles. The number of halogens is 2. The molecule has 0 unspecified atom stereocenters. The van der Waals surface area contributed by atoms with Crippen molar-refractivity contribution in [2.24, 2.45) is 5.92 Å². The lowest BCUT2D eigenvalue weighted by Gasteiger charge is -2.22. The molecule has 2 aromatic rings. The van der Waals surface area contributed by atoms with Gasteiger partial charge in [-0.25, -0.2) is 0 Å². The van der Waals surface area contributed by atoms with Crippen LogP contribution in [0.15, 0.2) is 48.5 Å². The van der Waals surface area contributed by atoms with E-state index in [1.165, 1.54) is 0 Å². The number of hydrogen-bond donors (Lipinski definition) is 2. The zero-order valence-corrected chi connectivity index (χ0v) is 14.9. The van der Waals surface area contributed by atoms with Gasteiger partial charge < -0.3 is 10.6 Å². The van der Waals surface area contributed by atoms with Crippen molar-refractivity contribution in [3.05, 3.63) is 64.1 Å². The van der Waals surface area contributed by atoms with Crippen LogP contribution in [0, 0.1) is 5.92 Å². The minimum absolute atomic E-state index is 0.101. The van der Waals surface area contributed by atoms with E-state index in [4.69, 9.17) is 23.2 Å². The van der Waals surface area contributed by atoms with Crippen LogP contribution in [0.1, 0.15) is 24.2 Å². The molecule has 0 aliphatic heterocycles. The topological polar surface area (TPSA) is 58.2 Å². The summed E-state index contributed by atoms with van der Waals surface area (Å²) in [4.78, 5) is 24.9. The SMILES string of the molecule is CC(C)[C@H](NC(=O)c1ccccc1Cl)C(=O)Nc1cccc(Cl)c1. The summed E-state index contributed by atoms with van der Waals surface area (Å²) in [6.07, 6.45) is 0. The fourth-order valence-electron chi connectivity index (χ4n) is 2.19. The van der Waals surface area contributed by atoms with E-state index in [2.05, 4.69) is 10.6 Å². The summed E-state index contributed by atoms with van der Waals surface area (Å²) in [5, 5.41) is 6.37. The largest absolute Gasteiger partial charge is 0.340 e. The van der Waals surface area contributed by atoms with Gasteiger partial charge in [0.15, 0.2) is 0 Å². The van der Waals surface area contributed by atoms with E-state index in [0.717, 1.165) is 0 Å². The molecule has 0 aliphatic rings. The van der Waals surface area contributed by atoms with E-state index in [0.29, 0.717) is 21.3 Å². The first-order chi connectivity index (χ1) is 11.4. The molecule has 0 aliphatic carbocycles. The first kappa shape index (κ1) is 18.3. The van der Waals surface area contributed by atoms with Gasteiger partial charge in [0, 0.05) is 10.7 Å². The standard InChI is InChI=1S/C18H18Cl2N2O2/c1-11(2)16(18(24)21-13-7-5-6-12(19)10-13)22-17(23)14-8-3-4-9-15(14)20/h3-11,16H,1-2H3,(H,21,24)(H,22,23)/t16-/m0/s1. The first-order valence-electron chi connectivity index (χ1n) is 7.50. The van der Waals surface area contributed by atoms with Gasteiger partial charge in [0.25, 0.3) is 5.91 Å². The molecule has 1 atom stereocenters. The highest BCUT2D eigenvalue weighted by molar-refractivity contribution is 6.33. The van der Waals surface area contributed by atoms with Crippen molar-refractivity contribution >= 4 is 40.7 Å². The van der Waals surface area contributed by atoms with E-state index in [1.807, 2.05) is 13.8 Å². The third-order valence-corrected chi connectivity index (χ3v) is 4.01. The Morgan fingerprint density at radius 1 is 1.00 bits per heavy atom. The number of nitrogens with one attached hydrogen (secondary N) is 2. The maximum Gasteiger partial charge on any atom is 0.253 e. The molecule has 2 rings (SSSR count). The lowest BCUT2D eigenvalue weighted by molar-refractivity contribution is -0.118. The Kier molecular flexibility index (Phi) is 6.23. The fraction of sp³-hybridized carbons (Fsp3) is 0.222. The molecule has 4 nitrogen and oxygen atoms in total. The van der Waals surface area contributed by atoms with Gasteiger partial charge in [-0.15, -0.1) is 0 Å². The number of anilines is 1. The van der Waals surface area contributed by atoms with Crippen molar-refractivity contribution < 1.29 is 9.59 Å². The van der Waals surface area contributed by atoms with E-state index >= 15 is 0 Å². The number of rotatable bonds is 5. The Bertz CT molecular complexity index is 747. The number of amides is 2. The fourth-order valence-corrected chi connectivity index (χ4v) is 2.60. The summed E-state index contributed by atoms with van der Waals surface area (Å²) in [5.41, 5.74) is 0.908. The Morgan fingerprint density at radius 2 is 1.71 bits per heavy atom. The van der Waals surface area contributed by atoms with Gasteiger partial charge in [-0.1, -0.05) is 55.2 Å². The van der Waals surface area contributed by atoms with Crippen molar-refractivity contribution in [2.45, 2.75) is 19.9 Å². The number of hydrogen-bond acceptors (Lipinski definition) is 2. The molecule has 0 heterocycles. The van der Waals surface area contributed by atoms with Crippen molar-refractivity contribution in [1.29, 1.82) is 0 Å². The highest BCUT2D eigenvalue weighted by atomic mass is 35.5. The first-order valence-corrected chi connectivity index (χ1v) is 8.26. The van der Waals surface area contributed by atoms with E-state index in [9.17, 15) is 9.59 Å². The van der Waals surface area contributed by atoms with Crippen LogP contribution < -0.4 is 10.6 Å². The number of benzene rings is 2. The number of carbonyl (C=O) groups excluding carboxylic acids is 2. The van der Waals surface area contributed by atoms with E-state index in [-0.39, 0.29) is 17.7 Å². The van der Waals surface area contributed by atoms with Gasteiger partial charge >= 0.3 is 0 Å². The Morgan fingerprint density at radius 3 is 2.33 bits per heavy atom. The summed E-state index contributed by atoms with van der Waals surface area (Å²) in [7, 11) is 0. The summed E-state index contributed by atoms with van der Waals surface area (Å²) in [6.45, 7) is 3.71. The molecular formula is C18H18Cl2N2O2. The third-order valence-electron chi connectivity index (χ3n) is 3.45. The summed E-state index contributed by atoms with van der Waals surface area (Å²) in [5.74, 6) is -0.802. The van der Waals surface area contributed by atoms with Crippen LogP contribution in [0.4, 0.5) is 5.69 Å². The van der Waals surface area contributed by atoms with Crippen LogP contribution in [0.5, 0.6) is 0 Å². The van der Waals surface area contributed by atoms with Crippen molar-refractivity contribution in [1.82, 2.24) is 5.32 Å². The molecule has 24 heavy (non-hydrogen) atoms. The predicted octanol–water partition coefficient (Wildman–Crippen LogP) is 4.39. The Balaban J connectivity index is 2.13. The lowest BCUT2D eigenvalue weighted by Crippen LogP contribution is -2.47. The van der Waals surface area contributed by atoms with Crippen LogP contribution in [0.3, 0.4) is 0 Å². The molecule has 126 valence electrons. The van der Waals surface area contributed by atoms with E-state index < -0.39 is 6.04 Å². The van der Waals surface area contributed by atoms with Gasteiger partial charge in [-0.05, 0) is 36.2 Å². The highest BCUT2D eigenvalue weighted by Gasteiger charge is 2.25. The molecule has 0 spiro atoms. The average molecular weight is 365 g/mol. The number of carbonyl (C=O) groups is 2. The average Bonchev–Trinajstić information content (AvgIpc) is 2.52. The minimum atomic E-state index is -0.701. The maximum absolute atomic E-state index is 12.5. The normalized spacial score (nSPS) is 11.9. The summed E-state index contributed by atoms with van der Waals surface area (Å²) < 4.78 is 0. The molecule has 2 N–H and O–H groups in total. The molecule has 0 aromatic heterocycles. The van der Waals surface area contributed by atoms with E-state index in [1.54, 1.807) is 48.5 Å². The lowest BCUT2D eigenvalue weighted by atomic mass is 10.0. The monoisotopic (exact) mass is 364 g/mol. The van der Waals surface area contributed by atoms with Gasteiger partial charge in [-0.2, -0.15) is 0 Å². The zero-order valence-electron chi connectivity index (χ0n) is 13.3. The molecule has 2 aromatic carbocycles. The van der Waals surface area contributed by atoms with Crippen molar-refractivity contribution in [2.75, 3.05) is 5.32 Å². The smallest absolute Gasteiger partial charge is 0.253 e. The van der Waals surface area contributed by atoms with Gasteiger partial charge in [0.05, 0.1) is 10.6 Å². The van der Waals surface area contributed by atoms with Gasteiger partial charge in [-0.3, -0.25) is 9.59 Å². The van der Waals surface area contributed by atoms with Crippen LogP contribution in [0.2, 0.25) is 10.0 Å². The minimum Gasteiger partial charge on any atom is -0.340 e. The third kappa shape index (κ3) is 4.73. The molecule has 2 amide bonds. The predicted molar refractivity (Wildman–Crippen MR) is 97.6 cm³/mol. The second-order valence-corrected chi connectivity index (χ2v) is 6.52. The quantitative estimate of drug-likeness (QED) is 0.826. The molecule has 0 fully saturated rings. The van der Waals surface area contributed by atoms with Gasteiger partial charge in [0.2, 0.25) is 5.91 Å². The van der Waals surface area contributed by atoms with Crippen LogP contribution in [0.25, 0.3) is 0 Å². The zero-order chi connectivity index (χ0) is 17.7. The molecule has 6 heteroatoms. The van der Waals surface area contributed by atoms with Crippen molar-refractivity contribution in [3.8, 4) is 0 Å². The molecule has 0 saturated heterocycles. The Hall–Kier alpha value is -2.04. The van der Waals surface area contributed by atoms with Crippen LogP contribution in [-0.2, 0) is 4.79 Å². The summed E-state index contributed by atoms with van der Waals surface area (Å²) >= 11 is 11.9. The molecular weight excluding hydrogens is 347 g/mol. The second-order valence-electron chi connectivity index (χ2n) is 5.67. The molecule has 0 bridgehead atoms. The van der Waals surface area contributed by atoms with Crippen molar-refractivity contribution in [3.63, 3.8) is 0 Å². The van der Waals surface area contributed by atoms with Gasteiger partial charge in [0.1, 0.15) is 6.04 Å². The Labute approximate surface area is 151 Å². The summed E-state index contributed by atoms with van der Waals surface area (Å²) in [6, 6.07) is 12.8. The van der Waals surface area contributed by atoms with Crippen LogP contribution in [-0.4, -0.2) is 17.9 Å². The van der Waals surface area contributed by atoms with Crippen LogP contribution >= 0.6 is 23.2 Å².